The van der Waals surface area contributed by atoms with Gasteiger partial charge in [-0.1, -0.05) is 12.1 Å². The molecule has 0 radical (unpaired) electrons. The third-order valence-electron chi connectivity index (χ3n) is 4.12. The lowest BCUT2D eigenvalue weighted by molar-refractivity contribution is -0.119. The Balaban J connectivity index is 1.55. The van der Waals surface area contributed by atoms with Crippen LogP contribution in [0, 0.1) is 13.8 Å². The smallest absolute Gasteiger partial charge is 0.231 e. The molecule has 4 nitrogen and oxygen atoms in total. The van der Waals surface area contributed by atoms with Crippen LogP contribution >= 0.6 is 11.8 Å². The SMILES string of the molecule is Cc1ccc(SCC(=O)NC(C)c2ccc3c(c2)OCO3)cc1C. The van der Waals surface area contributed by atoms with Crippen LogP contribution in [0.5, 0.6) is 11.5 Å². The van der Waals surface area contributed by atoms with Gasteiger partial charge >= 0.3 is 0 Å². The lowest BCUT2D eigenvalue weighted by Crippen LogP contribution is -2.28. The Labute approximate surface area is 146 Å². The van der Waals surface area contributed by atoms with Gasteiger partial charge in [-0.3, -0.25) is 4.79 Å². The van der Waals surface area contributed by atoms with Crippen molar-refractivity contribution >= 4 is 17.7 Å². The Morgan fingerprint density at radius 2 is 1.92 bits per heavy atom. The number of carbonyl (C=O) groups is 1. The second-order valence-electron chi connectivity index (χ2n) is 5.94. The quantitative estimate of drug-likeness (QED) is 0.834. The summed E-state index contributed by atoms with van der Waals surface area (Å²) in [6.45, 7) is 6.40. The van der Waals surface area contributed by atoms with E-state index in [2.05, 4.69) is 37.4 Å². The molecule has 2 aromatic rings. The molecule has 0 saturated carbocycles. The standard InChI is InChI=1S/C19H21NO3S/c1-12-4-6-16(8-13(12)2)24-10-19(21)20-14(3)15-5-7-17-18(9-15)23-11-22-17/h4-9,14H,10-11H2,1-3H3,(H,20,21). The van der Waals surface area contributed by atoms with E-state index in [1.807, 2.05) is 25.1 Å². The first-order valence-electron chi connectivity index (χ1n) is 7.92. The maximum atomic E-state index is 12.2. The van der Waals surface area contributed by atoms with Crippen molar-refractivity contribution in [1.29, 1.82) is 0 Å². The van der Waals surface area contributed by atoms with E-state index in [0.29, 0.717) is 5.75 Å². The van der Waals surface area contributed by atoms with Crippen LogP contribution in [0.3, 0.4) is 0 Å². The maximum absolute atomic E-state index is 12.2. The normalized spacial score (nSPS) is 13.6. The van der Waals surface area contributed by atoms with Gasteiger partial charge in [-0.2, -0.15) is 0 Å². The topological polar surface area (TPSA) is 47.6 Å². The molecule has 1 heterocycles. The lowest BCUT2D eigenvalue weighted by Gasteiger charge is -2.15. The Morgan fingerprint density at radius 3 is 2.71 bits per heavy atom. The van der Waals surface area contributed by atoms with Crippen molar-refractivity contribution < 1.29 is 14.3 Å². The Kier molecular flexibility index (Phi) is 5.00. The van der Waals surface area contributed by atoms with E-state index < -0.39 is 0 Å². The molecule has 1 atom stereocenters. The molecule has 126 valence electrons. The molecule has 0 aliphatic carbocycles. The van der Waals surface area contributed by atoms with E-state index in [4.69, 9.17) is 9.47 Å². The van der Waals surface area contributed by atoms with Crippen molar-refractivity contribution in [2.75, 3.05) is 12.5 Å². The highest BCUT2D eigenvalue weighted by molar-refractivity contribution is 8.00. The number of ether oxygens (including phenoxy) is 2. The average molecular weight is 343 g/mol. The lowest BCUT2D eigenvalue weighted by atomic mass is 10.1. The number of amides is 1. The molecule has 1 unspecified atom stereocenters. The summed E-state index contributed by atoms with van der Waals surface area (Å²) in [7, 11) is 0. The van der Waals surface area contributed by atoms with Gasteiger partial charge in [0.2, 0.25) is 12.7 Å². The molecule has 24 heavy (non-hydrogen) atoms. The monoisotopic (exact) mass is 343 g/mol. The predicted molar refractivity (Wildman–Crippen MR) is 95.8 cm³/mol. The number of carbonyl (C=O) groups excluding carboxylic acids is 1. The van der Waals surface area contributed by atoms with E-state index in [1.54, 1.807) is 11.8 Å². The Morgan fingerprint density at radius 1 is 1.12 bits per heavy atom. The van der Waals surface area contributed by atoms with Crippen molar-refractivity contribution in [3.63, 3.8) is 0 Å². The summed E-state index contributed by atoms with van der Waals surface area (Å²) in [5.74, 6) is 1.90. The Bertz CT molecular complexity index is 760. The summed E-state index contributed by atoms with van der Waals surface area (Å²) in [6.07, 6.45) is 0. The minimum Gasteiger partial charge on any atom is -0.454 e. The predicted octanol–water partition coefficient (Wildman–Crippen LogP) is 4.00. The highest BCUT2D eigenvalue weighted by Crippen LogP contribution is 2.34. The molecule has 2 aromatic carbocycles. The van der Waals surface area contributed by atoms with E-state index in [1.165, 1.54) is 11.1 Å². The molecule has 0 saturated heterocycles. The van der Waals surface area contributed by atoms with Gasteiger partial charge in [0.15, 0.2) is 11.5 Å². The van der Waals surface area contributed by atoms with E-state index in [0.717, 1.165) is 22.0 Å². The van der Waals surface area contributed by atoms with E-state index >= 15 is 0 Å². The zero-order valence-corrected chi connectivity index (χ0v) is 14.9. The molecule has 1 aliphatic heterocycles. The van der Waals surface area contributed by atoms with Gasteiger partial charge in [0, 0.05) is 4.90 Å². The van der Waals surface area contributed by atoms with Crippen LogP contribution in [0.4, 0.5) is 0 Å². The van der Waals surface area contributed by atoms with Crippen LogP contribution in [0.2, 0.25) is 0 Å². The minimum atomic E-state index is -0.0765. The molecule has 1 N–H and O–H groups in total. The fraction of sp³-hybridized carbons (Fsp3) is 0.316. The van der Waals surface area contributed by atoms with Crippen LogP contribution < -0.4 is 14.8 Å². The first-order valence-corrected chi connectivity index (χ1v) is 8.90. The van der Waals surface area contributed by atoms with E-state index in [9.17, 15) is 4.79 Å². The van der Waals surface area contributed by atoms with Gasteiger partial charge in [-0.05, 0) is 61.7 Å². The highest BCUT2D eigenvalue weighted by atomic mass is 32.2. The highest BCUT2D eigenvalue weighted by Gasteiger charge is 2.16. The molecule has 1 aliphatic rings. The summed E-state index contributed by atoms with van der Waals surface area (Å²) in [5, 5.41) is 3.03. The summed E-state index contributed by atoms with van der Waals surface area (Å²) < 4.78 is 10.7. The third-order valence-corrected chi connectivity index (χ3v) is 5.12. The fourth-order valence-corrected chi connectivity index (χ4v) is 3.31. The molecule has 1 amide bonds. The number of rotatable bonds is 5. The van der Waals surface area contributed by atoms with Crippen molar-refractivity contribution in [3.05, 3.63) is 53.1 Å². The zero-order valence-electron chi connectivity index (χ0n) is 14.1. The van der Waals surface area contributed by atoms with Gasteiger partial charge < -0.3 is 14.8 Å². The Hall–Kier alpha value is -2.14. The second kappa shape index (κ2) is 7.18. The molecular weight excluding hydrogens is 322 g/mol. The number of benzene rings is 2. The van der Waals surface area contributed by atoms with Gasteiger partial charge in [-0.15, -0.1) is 11.8 Å². The number of nitrogens with one attached hydrogen (secondary N) is 1. The number of aryl methyl sites for hydroxylation is 2. The zero-order chi connectivity index (χ0) is 17.1. The van der Waals surface area contributed by atoms with Crippen molar-refractivity contribution in [2.24, 2.45) is 0 Å². The van der Waals surface area contributed by atoms with Crippen LogP contribution in [0.15, 0.2) is 41.3 Å². The number of hydrogen-bond donors (Lipinski definition) is 1. The number of fused-ring (bicyclic) bond motifs is 1. The van der Waals surface area contributed by atoms with E-state index in [-0.39, 0.29) is 18.7 Å². The van der Waals surface area contributed by atoms with Gasteiger partial charge in [-0.25, -0.2) is 0 Å². The summed E-state index contributed by atoms with van der Waals surface area (Å²) in [4.78, 5) is 13.3. The first-order chi connectivity index (χ1) is 11.5. The summed E-state index contributed by atoms with van der Waals surface area (Å²) >= 11 is 1.55. The maximum Gasteiger partial charge on any atom is 0.231 e. The van der Waals surface area contributed by atoms with Gasteiger partial charge in [0.05, 0.1) is 11.8 Å². The molecule has 0 spiro atoms. The van der Waals surface area contributed by atoms with Crippen LogP contribution in [-0.2, 0) is 4.79 Å². The molecule has 5 heteroatoms. The number of hydrogen-bond acceptors (Lipinski definition) is 4. The van der Waals surface area contributed by atoms with Crippen LogP contribution in [-0.4, -0.2) is 18.5 Å². The van der Waals surface area contributed by atoms with Crippen molar-refractivity contribution in [3.8, 4) is 11.5 Å². The fourth-order valence-electron chi connectivity index (χ4n) is 2.50. The average Bonchev–Trinajstić information content (AvgIpc) is 3.03. The summed E-state index contributed by atoms with van der Waals surface area (Å²) in [5.41, 5.74) is 3.51. The molecular formula is C19H21NO3S. The largest absolute Gasteiger partial charge is 0.454 e. The third kappa shape index (κ3) is 3.85. The van der Waals surface area contributed by atoms with Crippen molar-refractivity contribution in [1.82, 2.24) is 5.32 Å². The second-order valence-corrected chi connectivity index (χ2v) is 6.99. The van der Waals surface area contributed by atoms with Crippen molar-refractivity contribution in [2.45, 2.75) is 31.7 Å². The number of thioether (sulfide) groups is 1. The molecule has 0 aromatic heterocycles. The molecule has 0 bridgehead atoms. The first kappa shape index (κ1) is 16.7. The molecule has 3 rings (SSSR count). The van der Waals surface area contributed by atoms with Crippen LogP contribution in [0.1, 0.15) is 29.7 Å². The summed E-state index contributed by atoms with van der Waals surface area (Å²) in [6, 6.07) is 11.9. The van der Waals surface area contributed by atoms with Gasteiger partial charge in [0.25, 0.3) is 0 Å². The van der Waals surface area contributed by atoms with Crippen LogP contribution in [0.25, 0.3) is 0 Å². The van der Waals surface area contributed by atoms with Gasteiger partial charge in [0.1, 0.15) is 0 Å². The molecule has 0 fully saturated rings. The minimum absolute atomic E-state index is 0.0170.